The minimum Gasteiger partial charge on any atom is -0.390 e. The fraction of sp³-hybridized carbons (Fsp3) is 0.355. The molecule has 1 saturated carbocycles. The molecule has 9 nitrogen and oxygen atoms in total. The van der Waals surface area contributed by atoms with Crippen LogP contribution >= 0.6 is 0 Å². The number of hydrogen-bond acceptors (Lipinski definition) is 6. The molecule has 3 aromatic rings. The van der Waals surface area contributed by atoms with E-state index in [4.69, 9.17) is 0 Å². The number of sulfonamides is 1. The number of nitrogens with zero attached hydrogens (tertiary/aromatic N) is 2. The van der Waals surface area contributed by atoms with Crippen molar-refractivity contribution in [3.63, 3.8) is 0 Å². The Bertz CT molecular complexity index is 1480. The number of aliphatic hydroxyl groups is 1. The third kappa shape index (κ3) is 6.95. The fourth-order valence-corrected chi connectivity index (χ4v) is 6.24. The summed E-state index contributed by atoms with van der Waals surface area (Å²) in [6, 6.07) is 22.8. The second kappa shape index (κ2) is 12.4. The van der Waals surface area contributed by atoms with Gasteiger partial charge in [-0.25, -0.2) is 12.7 Å². The third-order valence-electron chi connectivity index (χ3n) is 7.42. The monoisotopic (exact) mass is 576 g/mol. The van der Waals surface area contributed by atoms with Crippen LogP contribution in [-0.4, -0.2) is 62.9 Å². The van der Waals surface area contributed by atoms with Crippen molar-refractivity contribution in [3.05, 3.63) is 90.0 Å². The molecule has 2 fully saturated rings. The van der Waals surface area contributed by atoms with Gasteiger partial charge in [-0.15, -0.1) is 0 Å². The number of amides is 2. The summed E-state index contributed by atoms with van der Waals surface area (Å²) < 4.78 is 27.5. The van der Waals surface area contributed by atoms with Gasteiger partial charge in [0.2, 0.25) is 15.9 Å². The lowest BCUT2D eigenvalue weighted by atomic mass is 10.00. The van der Waals surface area contributed by atoms with Gasteiger partial charge in [-0.3, -0.25) is 9.59 Å². The fourth-order valence-electron chi connectivity index (χ4n) is 5.23. The van der Waals surface area contributed by atoms with Gasteiger partial charge in [0.15, 0.2) is 0 Å². The normalized spacial score (nSPS) is 16.8. The summed E-state index contributed by atoms with van der Waals surface area (Å²) in [5.41, 5.74) is 1.98. The molecule has 10 heteroatoms. The molecule has 1 aliphatic heterocycles. The van der Waals surface area contributed by atoms with Gasteiger partial charge in [0.05, 0.1) is 41.0 Å². The number of aliphatic hydroxyl groups excluding tert-OH is 1. The van der Waals surface area contributed by atoms with E-state index >= 15 is 0 Å². The zero-order valence-electron chi connectivity index (χ0n) is 23.1. The summed E-state index contributed by atoms with van der Waals surface area (Å²) >= 11 is 0. The van der Waals surface area contributed by atoms with Crippen LogP contribution in [0.15, 0.2) is 78.9 Å². The molecule has 0 spiro atoms. The van der Waals surface area contributed by atoms with E-state index < -0.39 is 28.1 Å². The predicted octanol–water partition coefficient (Wildman–Crippen LogP) is 3.37. The Kier molecular flexibility index (Phi) is 8.72. The minimum atomic E-state index is -3.85. The Morgan fingerprint density at radius 3 is 2.32 bits per heavy atom. The lowest BCUT2D eigenvalue weighted by Crippen LogP contribution is -2.49. The average molecular weight is 577 g/mol. The van der Waals surface area contributed by atoms with E-state index in [1.807, 2.05) is 30.3 Å². The van der Waals surface area contributed by atoms with E-state index in [9.17, 15) is 23.1 Å². The molecule has 1 aliphatic carbocycles. The van der Waals surface area contributed by atoms with Gasteiger partial charge in [0, 0.05) is 25.6 Å². The molecule has 1 heterocycles. The first kappa shape index (κ1) is 28.8. The topological polar surface area (TPSA) is 119 Å². The van der Waals surface area contributed by atoms with Crippen molar-refractivity contribution in [1.29, 1.82) is 0 Å². The van der Waals surface area contributed by atoms with E-state index in [1.165, 1.54) is 9.21 Å². The lowest BCUT2D eigenvalue weighted by molar-refractivity contribution is -0.117. The van der Waals surface area contributed by atoms with E-state index in [-0.39, 0.29) is 22.8 Å². The second-order valence-electron chi connectivity index (χ2n) is 10.7. The van der Waals surface area contributed by atoms with Crippen LogP contribution in [0.25, 0.3) is 0 Å². The molecule has 41 heavy (non-hydrogen) atoms. The quantitative estimate of drug-likeness (QED) is 0.304. The van der Waals surface area contributed by atoms with Gasteiger partial charge in [-0.2, -0.15) is 0 Å². The lowest BCUT2D eigenvalue weighted by Gasteiger charge is -2.30. The van der Waals surface area contributed by atoms with Crippen LogP contribution in [0.1, 0.15) is 41.6 Å². The molecule has 3 N–H and O–H groups in total. The average Bonchev–Trinajstić information content (AvgIpc) is 3.70. The molecule has 2 aliphatic rings. The molecule has 1 saturated heterocycles. The molecular weight excluding hydrogens is 540 g/mol. The summed E-state index contributed by atoms with van der Waals surface area (Å²) in [5.74, 6) is -0.669. The molecule has 2 atom stereocenters. The number of benzene rings is 3. The number of anilines is 3. The Labute approximate surface area is 241 Å². The Hall–Kier alpha value is -3.73. The number of carbonyl (C=O) groups excluding carboxylic acids is 2. The zero-order chi connectivity index (χ0) is 29.0. The summed E-state index contributed by atoms with van der Waals surface area (Å²) in [5, 5.41) is 17.5. The van der Waals surface area contributed by atoms with Gasteiger partial charge in [-0.05, 0) is 55.5 Å². The van der Waals surface area contributed by atoms with Gasteiger partial charge < -0.3 is 20.6 Å². The Morgan fingerprint density at radius 2 is 1.71 bits per heavy atom. The Morgan fingerprint density at radius 1 is 1.02 bits per heavy atom. The van der Waals surface area contributed by atoms with Crippen LogP contribution in [0.5, 0.6) is 0 Å². The van der Waals surface area contributed by atoms with Crippen LogP contribution in [0, 0.1) is 0 Å². The van der Waals surface area contributed by atoms with Crippen LogP contribution in [0.2, 0.25) is 0 Å². The van der Waals surface area contributed by atoms with Crippen LogP contribution in [0.4, 0.5) is 17.1 Å². The SMILES string of the molecule is CS(=O)(=O)N(c1ccccc1)c1cccc(C(=O)N[C@@H](Cc2ccccc2)[C@H](O)CNC2CC2)c1N1CCCC1=O. The highest BCUT2D eigenvalue weighted by Gasteiger charge is 2.34. The molecule has 0 bridgehead atoms. The first-order chi connectivity index (χ1) is 19.7. The number of rotatable bonds is 12. The van der Waals surface area contributed by atoms with Crippen LogP contribution < -0.4 is 19.8 Å². The second-order valence-corrected chi connectivity index (χ2v) is 12.5. The van der Waals surface area contributed by atoms with Crippen molar-refractivity contribution in [1.82, 2.24) is 10.6 Å². The van der Waals surface area contributed by atoms with E-state index in [2.05, 4.69) is 10.6 Å². The number of para-hydroxylation sites is 2. The first-order valence-corrected chi connectivity index (χ1v) is 15.8. The molecular formula is C31H36N4O5S. The van der Waals surface area contributed by atoms with Crippen molar-refractivity contribution in [2.24, 2.45) is 0 Å². The number of nitrogens with one attached hydrogen (secondary N) is 2. The van der Waals surface area contributed by atoms with Crippen molar-refractivity contribution in [2.75, 3.05) is 28.6 Å². The smallest absolute Gasteiger partial charge is 0.253 e. The summed E-state index contributed by atoms with van der Waals surface area (Å²) in [4.78, 5) is 28.5. The molecule has 0 unspecified atom stereocenters. The highest BCUT2D eigenvalue weighted by Crippen LogP contribution is 2.40. The van der Waals surface area contributed by atoms with Crippen molar-refractivity contribution >= 4 is 38.9 Å². The van der Waals surface area contributed by atoms with E-state index in [0.717, 1.165) is 24.7 Å². The van der Waals surface area contributed by atoms with Gasteiger partial charge in [0.25, 0.3) is 5.91 Å². The van der Waals surface area contributed by atoms with Crippen molar-refractivity contribution < 1.29 is 23.1 Å². The maximum Gasteiger partial charge on any atom is 0.253 e. The number of hydrogen-bond donors (Lipinski definition) is 3. The highest BCUT2D eigenvalue weighted by atomic mass is 32.2. The van der Waals surface area contributed by atoms with Crippen LogP contribution in [-0.2, 0) is 21.2 Å². The maximum atomic E-state index is 14.0. The summed E-state index contributed by atoms with van der Waals surface area (Å²) in [6.45, 7) is 0.694. The van der Waals surface area contributed by atoms with E-state index in [1.54, 1.807) is 48.5 Å². The zero-order valence-corrected chi connectivity index (χ0v) is 23.9. The van der Waals surface area contributed by atoms with Gasteiger partial charge in [0.1, 0.15) is 0 Å². The van der Waals surface area contributed by atoms with E-state index in [0.29, 0.717) is 44.1 Å². The third-order valence-corrected chi connectivity index (χ3v) is 8.49. The number of carbonyl (C=O) groups is 2. The minimum absolute atomic E-state index is 0.169. The van der Waals surface area contributed by atoms with Crippen LogP contribution in [0.3, 0.4) is 0 Å². The molecule has 0 radical (unpaired) electrons. The maximum absolute atomic E-state index is 14.0. The summed E-state index contributed by atoms with van der Waals surface area (Å²) in [7, 11) is -3.85. The Balaban J connectivity index is 1.54. The van der Waals surface area contributed by atoms with Crippen molar-refractivity contribution in [3.8, 4) is 0 Å². The first-order valence-electron chi connectivity index (χ1n) is 14.0. The highest BCUT2D eigenvalue weighted by molar-refractivity contribution is 7.92. The van der Waals surface area contributed by atoms with Gasteiger partial charge in [-0.1, -0.05) is 54.6 Å². The predicted molar refractivity (Wildman–Crippen MR) is 160 cm³/mol. The van der Waals surface area contributed by atoms with Crippen molar-refractivity contribution in [2.45, 2.75) is 50.3 Å². The molecule has 2 amide bonds. The summed E-state index contributed by atoms with van der Waals surface area (Å²) in [6.07, 6.45) is 3.68. The molecule has 5 rings (SSSR count). The largest absolute Gasteiger partial charge is 0.390 e. The molecule has 3 aromatic carbocycles. The molecule has 216 valence electrons. The molecule has 0 aromatic heterocycles. The standard InChI is InChI=1S/C31H36N4O5S/c1-41(39,40)35(24-12-6-3-7-13-24)27-15-8-14-25(30(27)34-19-9-16-29(34)37)31(38)33-26(20-22-10-4-2-5-11-22)28(36)21-32-23-17-18-23/h2-8,10-15,23,26,28,32,36H,9,16-21H2,1H3,(H,33,38)/t26-,28+/m0/s1. The van der Waals surface area contributed by atoms with Gasteiger partial charge >= 0.3 is 0 Å².